The van der Waals surface area contributed by atoms with Crippen molar-refractivity contribution in [2.24, 2.45) is 0 Å². The molecule has 10 heteroatoms. The van der Waals surface area contributed by atoms with Gasteiger partial charge < -0.3 is 19.7 Å². The lowest BCUT2D eigenvalue weighted by molar-refractivity contribution is -0.153. The number of alkyl halides is 3. The summed E-state index contributed by atoms with van der Waals surface area (Å²) >= 11 is 6.06. The zero-order valence-corrected chi connectivity index (χ0v) is 17.9. The van der Waals surface area contributed by atoms with E-state index in [9.17, 15) is 22.8 Å². The molecule has 0 saturated carbocycles. The smallest absolute Gasteiger partial charge is 0.422 e. The van der Waals surface area contributed by atoms with Crippen LogP contribution in [0.1, 0.15) is 22.3 Å². The molecular formula is C21H22ClF3N2O4. The number of anilines is 1. The van der Waals surface area contributed by atoms with Gasteiger partial charge in [-0.2, -0.15) is 13.2 Å². The third-order valence-electron chi connectivity index (χ3n) is 4.15. The highest BCUT2D eigenvalue weighted by Gasteiger charge is 2.29. The molecule has 1 N–H and O–H groups in total. The van der Waals surface area contributed by atoms with Crippen molar-refractivity contribution < 1.29 is 32.2 Å². The Morgan fingerprint density at radius 2 is 1.81 bits per heavy atom. The summed E-state index contributed by atoms with van der Waals surface area (Å²) in [7, 11) is 4.51. The van der Waals surface area contributed by atoms with Crippen molar-refractivity contribution in [3.05, 3.63) is 52.5 Å². The van der Waals surface area contributed by atoms with Crippen LogP contribution in [0.5, 0.6) is 11.5 Å². The number of ether oxygens (including phenoxy) is 2. The minimum absolute atomic E-state index is 0.0349. The molecule has 0 aromatic heterocycles. The maximum Gasteiger partial charge on any atom is 0.422 e. The van der Waals surface area contributed by atoms with Gasteiger partial charge in [-0.05, 0) is 42.3 Å². The molecule has 2 amide bonds. The highest BCUT2D eigenvalue weighted by atomic mass is 35.5. The van der Waals surface area contributed by atoms with Gasteiger partial charge in [0, 0.05) is 26.2 Å². The zero-order chi connectivity index (χ0) is 23.2. The van der Waals surface area contributed by atoms with Crippen molar-refractivity contribution in [1.82, 2.24) is 4.90 Å². The van der Waals surface area contributed by atoms with Gasteiger partial charge in [0.05, 0.1) is 17.7 Å². The second-order valence-corrected chi connectivity index (χ2v) is 7.24. The summed E-state index contributed by atoms with van der Waals surface area (Å²) in [6.07, 6.45) is -4.04. The Hall–Kier alpha value is -2.94. The molecule has 0 atom stereocenters. The zero-order valence-electron chi connectivity index (χ0n) is 17.2. The number of methoxy groups -OCH3 is 1. The average Bonchev–Trinajstić information content (AvgIpc) is 2.71. The minimum atomic E-state index is -4.46. The van der Waals surface area contributed by atoms with E-state index in [4.69, 9.17) is 21.1 Å². The van der Waals surface area contributed by atoms with Crippen LogP contribution in [0.2, 0.25) is 5.02 Å². The predicted octanol–water partition coefficient (Wildman–Crippen LogP) is 4.56. The van der Waals surface area contributed by atoms with Crippen LogP contribution in [0.3, 0.4) is 0 Å². The van der Waals surface area contributed by atoms with E-state index < -0.39 is 12.8 Å². The van der Waals surface area contributed by atoms with Gasteiger partial charge in [0.2, 0.25) is 5.91 Å². The highest BCUT2D eigenvalue weighted by molar-refractivity contribution is 6.34. The molecule has 2 aromatic rings. The van der Waals surface area contributed by atoms with Gasteiger partial charge >= 0.3 is 6.18 Å². The first kappa shape index (κ1) is 24.3. The number of benzene rings is 2. The molecule has 0 heterocycles. The molecule has 168 valence electrons. The van der Waals surface area contributed by atoms with Gasteiger partial charge in [0.15, 0.2) is 18.1 Å². The second-order valence-electron chi connectivity index (χ2n) is 6.83. The molecule has 0 aliphatic carbocycles. The Balaban J connectivity index is 2.00. The molecule has 0 radical (unpaired) electrons. The SMILES string of the molecule is COc1cc(CCC(=O)Nc2ccc(Cl)c(C(=O)N(C)C)c2)ccc1OCC(F)(F)F. The molecule has 31 heavy (non-hydrogen) atoms. The summed E-state index contributed by atoms with van der Waals surface area (Å²) in [4.78, 5) is 25.8. The maximum absolute atomic E-state index is 12.3. The van der Waals surface area contributed by atoms with Crippen molar-refractivity contribution in [2.75, 3.05) is 33.1 Å². The summed E-state index contributed by atoms with van der Waals surface area (Å²) in [5.74, 6) is -0.484. The molecule has 0 aliphatic heterocycles. The van der Waals surface area contributed by atoms with Crippen LogP contribution in [0, 0.1) is 0 Å². The van der Waals surface area contributed by atoms with Crippen molar-refractivity contribution in [2.45, 2.75) is 19.0 Å². The van der Waals surface area contributed by atoms with Crippen LogP contribution in [0.25, 0.3) is 0 Å². The van der Waals surface area contributed by atoms with Gasteiger partial charge in [-0.15, -0.1) is 0 Å². The Labute approximate surface area is 182 Å². The van der Waals surface area contributed by atoms with E-state index in [0.29, 0.717) is 17.7 Å². The van der Waals surface area contributed by atoms with E-state index in [1.165, 1.54) is 36.3 Å². The van der Waals surface area contributed by atoms with Gasteiger partial charge in [0.1, 0.15) is 0 Å². The molecule has 0 spiro atoms. The molecule has 0 fully saturated rings. The molecule has 0 saturated heterocycles. The summed E-state index contributed by atoms with van der Waals surface area (Å²) in [6.45, 7) is -1.43. The lowest BCUT2D eigenvalue weighted by Gasteiger charge is -2.14. The third kappa shape index (κ3) is 7.36. The monoisotopic (exact) mass is 458 g/mol. The maximum atomic E-state index is 12.3. The number of aryl methyl sites for hydroxylation is 1. The van der Waals surface area contributed by atoms with Crippen molar-refractivity contribution in [3.63, 3.8) is 0 Å². The lowest BCUT2D eigenvalue weighted by atomic mass is 10.1. The fraction of sp³-hybridized carbons (Fsp3) is 0.333. The fourth-order valence-electron chi connectivity index (χ4n) is 2.64. The molecule has 0 bridgehead atoms. The minimum Gasteiger partial charge on any atom is -0.493 e. The van der Waals surface area contributed by atoms with Crippen LogP contribution < -0.4 is 14.8 Å². The lowest BCUT2D eigenvalue weighted by Crippen LogP contribution is -2.22. The first-order valence-electron chi connectivity index (χ1n) is 9.17. The Bertz CT molecular complexity index is 949. The summed E-state index contributed by atoms with van der Waals surface area (Å²) in [5.41, 5.74) is 1.38. The number of carbonyl (C=O) groups excluding carboxylic acids is 2. The number of rotatable bonds is 8. The van der Waals surface area contributed by atoms with E-state index >= 15 is 0 Å². The third-order valence-corrected chi connectivity index (χ3v) is 4.48. The summed E-state index contributed by atoms with van der Waals surface area (Å²) in [5, 5.41) is 2.98. The molecule has 6 nitrogen and oxygen atoms in total. The van der Waals surface area contributed by atoms with E-state index in [-0.39, 0.29) is 40.3 Å². The quantitative estimate of drug-likeness (QED) is 0.629. The average molecular weight is 459 g/mol. The molecule has 0 unspecified atom stereocenters. The van der Waals surface area contributed by atoms with Gasteiger partial charge in [-0.25, -0.2) is 0 Å². The Morgan fingerprint density at radius 3 is 2.42 bits per heavy atom. The van der Waals surface area contributed by atoms with Crippen molar-refractivity contribution >= 4 is 29.1 Å². The largest absolute Gasteiger partial charge is 0.493 e. The molecule has 2 aromatic carbocycles. The number of halogens is 4. The van der Waals surface area contributed by atoms with Crippen LogP contribution >= 0.6 is 11.6 Å². The van der Waals surface area contributed by atoms with Crippen LogP contribution in [-0.4, -0.2) is 50.7 Å². The van der Waals surface area contributed by atoms with E-state index in [1.54, 1.807) is 26.2 Å². The summed E-state index contributed by atoms with van der Waals surface area (Å²) < 4.78 is 46.8. The van der Waals surface area contributed by atoms with Gasteiger partial charge in [-0.3, -0.25) is 9.59 Å². The Kier molecular flexibility index (Phi) is 8.15. The van der Waals surface area contributed by atoms with E-state index in [2.05, 4.69) is 5.32 Å². The number of nitrogens with zero attached hydrogens (tertiary/aromatic N) is 1. The highest BCUT2D eigenvalue weighted by Crippen LogP contribution is 2.30. The number of hydrogen-bond acceptors (Lipinski definition) is 4. The second kappa shape index (κ2) is 10.4. The standard InChI is InChI=1S/C21H22ClF3N2O4/c1-27(2)20(29)15-11-14(6-7-16(15)22)26-19(28)9-5-13-4-8-17(18(10-13)30-3)31-12-21(23,24)25/h4,6-8,10-11H,5,9,12H2,1-3H3,(H,26,28). The van der Waals surface area contributed by atoms with Gasteiger partial charge in [0.25, 0.3) is 5.91 Å². The topological polar surface area (TPSA) is 67.9 Å². The number of carbonyl (C=O) groups is 2. The van der Waals surface area contributed by atoms with E-state index in [0.717, 1.165) is 0 Å². The van der Waals surface area contributed by atoms with Crippen molar-refractivity contribution in [1.29, 1.82) is 0 Å². The van der Waals surface area contributed by atoms with Crippen LogP contribution in [-0.2, 0) is 11.2 Å². The van der Waals surface area contributed by atoms with E-state index in [1.807, 2.05) is 0 Å². The fourth-order valence-corrected chi connectivity index (χ4v) is 2.83. The number of hydrogen-bond donors (Lipinski definition) is 1. The normalized spacial score (nSPS) is 11.1. The molecular weight excluding hydrogens is 437 g/mol. The molecule has 0 aliphatic rings. The molecule has 2 rings (SSSR count). The van der Waals surface area contributed by atoms with Gasteiger partial charge in [-0.1, -0.05) is 17.7 Å². The first-order chi connectivity index (χ1) is 14.5. The first-order valence-corrected chi connectivity index (χ1v) is 9.55. The summed E-state index contributed by atoms with van der Waals surface area (Å²) in [6, 6.07) is 9.07. The Morgan fingerprint density at radius 1 is 1.10 bits per heavy atom. The van der Waals surface area contributed by atoms with Crippen LogP contribution in [0.15, 0.2) is 36.4 Å². The number of amides is 2. The van der Waals surface area contributed by atoms with Crippen LogP contribution in [0.4, 0.5) is 18.9 Å². The predicted molar refractivity (Wildman–Crippen MR) is 111 cm³/mol. The number of nitrogens with one attached hydrogen (secondary N) is 1. The van der Waals surface area contributed by atoms with Crippen molar-refractivity contribution in [3.8, 4) is 11.5 Å².